The van der Waals surface area contributed by atoms with Crippen LogP contribution in [0.1, 0.15) is 44.9 Å². The first-order valence-electron chi connectivity index (χ1n) is 11.1. The number of methoxy groups -OCH3 is 1. The van der Waals surface area contributed by atoms with Crippen molar-refractivity contribution in [3.05, 3.63) is 60.6 Å². The average molecular weight is 430 g/mol. The van der Waals surface area contributed by atoms with Gasteiger partial charge >= 0.3 is 0 Å². The maximum Gasteiger partial charge on any atom is 0.227 e. The van der Waals surface area contributed by atoms with Gasteiger partial charge in [-0.1, -0.05) is 37.5 Å². The second kappa shape index (κ2) is 11.0. The van der Waals surface area contributed by atoms with E-state index in [1.165, 1.54) is 12.0 Å². The Morgan fingerprint density at radius 3 is 2.83 bits per heavy atom. The van der Waals surface area contributed by atoms with E-state index in [9.17, 15) is 4.79 Å². The smallest absolute Gasteiger partial charge is 0.227 e. The molecule has 30 heavy (non-hydrogen) atoms. The van der Waals surface area contributed by atoms with E-state index >= 15 is 0 Å². The van der Waals surface area contributed by atoms with E-state index in [-0.39, 0.29) is 12.0 Å². The molecule has 0 aromatic rings. The van der Waals surface area contributed by atoms with Crippen LogP contribution in [-0.2, 0) is 9.53 Å². The number of carbonyl (C=O) groups is 1. The highest BCUT2D eigenvalue weighted by molar-refractivity contribution is 7.13. The molecule has 3 aliphatic rings. The molecule has 3 atom stereocenters. The van der Waals surface area contributed by atoms with Gasteiger partial charge in [0.05, 0.1) is 24.8 Å². The second-order valence-corrected chi connectivity index (χ2v) is 8.75. The summed E-state index contributed by atoms with van der Waals surface area (Å²) >= 11 is 0. The first-order chi connectivity index (χ1) is 14.6. The quantitative estimate of drug-likeness (QED) is 0.337. The van der Waals surface area contributed by atoms with Crippen LogP contribution in [-0.4, -0.2) is 53.4 Å². The minimum atomic E-state index is 0.0166. The van der Waals surface area contributed by atoms with Gasteiger partial charge in [0.1, 0.15) is 5.76 Å². The zero-order chi connectivity index (χ0) is 21.5. The van der Waals surface area contributed by atoms with Gasteiger partial charge in [-0.15, -0.1) is 0 Å². The summed E-state index contributed by atoms with van der Waals surface area (Å²) in [6.45, 7) is 10.3. The Bertz CT molecular complexity index is 743. The lowest BCUT2D eigenvalue weighted by Gasteiger charge is -2.43. The maximum atomic E-state index is 13.6. The zero-order valence-electron chi connectivity index (χ0n) is 18.3. The number of hydrazine groups is 1. The molecular formula is C24H36N3O2P. The lowest BCUT2D eigenvalue weighted by atomic mass is 9.88. The molecule has 0 aromatic heterocycles. The summed E-state index contributed by atoms with van der Waals surface area (Å²) in [6, 6.07) is 0.281. The molecule has 3 unspecified atom stereocenters. The second-order valence-electron chi connectivity index (χ2n) is 8.26. The van der Waals surface area contributed by atoms with Gasteiger partial charge < -0.3 is 9.64 Å². The van der Waals surface area contributed by atoms with Gasteiger partial charge in [-0.25, -0.2) is 5.01 Å². The standard InChI is InChI=1S/C24H36N3O2P/c1-4-11-22(19(2)29-3)27(30)25-16-10-14-21(18-25)24(28)26-17-9-8-15-23(26)20-12-6-5-7-13-20/h4-6,11-12,21,23H,1-2,7-10,13-18,30H2,3H3/b22-11+. The number of amides is 1. The van der Waals surface area contributed by atoms with Gasteiger partial charge in [-0.05, 0) is 66.0 Å². The van der Waals surface area contributed by atoms with E-state index < -0.39 is 0 Å². The number of hydrogen-bond donors (Lipinski definition) is 0. The fourth-order valence-corrected chi connectivity index (χ4v) is 5.17. The van der Waals surface area contributed by atoms with E-state index in [2.05, 4.69) is 50.7 Å². The molecular weight excluding hydrogens is 393 g/mol. The molecule has 2 fully saturated rings. The lowest BCUT2D eigenvalue weighted by Crippen LogP contribution is -2.52. The zero-order valence-corrected chi connectivity index (χ0v) is 19.4. The molecule has 1 aliphatic carbocycles. The number of piperidine rings is 2. The van der Waals surface area contributed by atoms with Crippen molar-refractivity contribution < 1.29 is 9.53 Å². The predicted molar refractivity (Wildman–Crippen MR) is 126 cm³/mol. The average Bonchev–Trinajstić information content (AvgIpc) is 2.81. The van der Waals surface area contributed by atoms with Crippen molar-refractivity contribution in [3.8, 4) is 0 Å². The van der Waals surface area contributed by atoms with Gasteiger partial charge in [0.25, 0.3) is 0 Å². The van der Waals surface area contributed by atoms with E-state index in [1.54, 1.807) is 13.2 Å². The van der Waals surface area contributed by atoms with E-state index in [0.29, 0.717) is 18.2 Å². The van der Waals surface area contributed by atoms with Crippen LogP contribution in [0.5, 0.6) is 0 Å². The molecule has 2 saturated heterocycles. The molecule has 0 bridgehead atoms. The number of ether oxygens (including phenoxy) is 1. The highest BCUT2D eigenvalue weighted by Crippen LogP contribution is 2.32. The van der Waals surface area contributed by atoms with E-state index in [4.69, 9.17) is 4.74 Å². The van der Waals surface area contributed by atoms with Crippen molar-refractivity contribution in [2.24, 2.45) is 5.92 Å². The van der Waals surface area contributed by atoms with Crippen molar-refractivity contribution in [2.75, 3.05) is 26.7 Å². The first-order valence-corrected chi connectivity index (χ1v) is 11.6. The molecule has 5 nitrogen and oxygen atoms in total. The van der Waals surface area contributed by atoms with Gasteiger partial charge in [0, 0.05) is 19.6 Å². The fraction of sp³-hybridized carbons (Fsp3) is 0.542. The predicted octanol–water partition coefficient (Wildman–Crippen LogP) is 4.59. The molecule has 0 aromatic carbocycles. The third-order valence-corrected chi connectivity index (χ3v) is 6.97. The van der Waals surface area contributed by atoms with Crippen LogP contribution in [0.15, 0.2) is 60.6 Å². The highest BCUT2D eigenvalue weighted by Gasteiger charge is 2.36. The number of allylic oxidation sites excluding steroid dienone is 5. The van der Waals surface area contributed by atoms with Crippen molar-refractivity contribution in [3.63, 3.8) is 0 Å². The molecule has 1 amide bonds. The summed E-state index contributed by atoms with van der Waals surface area (Å²) < 4.78 is 7.33. The van der Waals surface area contributed by atoms with Gasteiger partial charge in [-0.3, -0.25) is 9.57 Å². The molecule has 0 spiro atoms. The molecule has 6 heteroatoms. The van der Waals surface area contributed by atoms with Crippen LogP contribution in [0, 0.1) is 5.92 Å². The summed E-state index contributed by atoms with van der Waals surface area (Å²) in [4.78, 5) is 15.8. The third-order valence-electron chi connectivity index (χ3n) is 6.37. The Kier molecular flexibility index (Phi) is 8.35. The molecule has 164 valence electrons. The minimum Gasteiger partial charge on any atom is -0.495 e. The molecule has 2 heterocycles. The van der Waals surface area contributed by atoms with Crippen LogP contribution in [0.2, 0.25) is 0 Å². The maximum absolute atomic E-state index is 13.6. The monoisotopic (exact) mass is 429 g/mol. The molecule has 0 N–H and O–H groups in total. The Morgan fingerprint density at radius 1 is 1.30 bits per heavy atom. The number of likely N-dealkylation sites (tertiary alicyclic amines) is 1. The summed E-state index contributed by atoms with van der Waals surface area (Å²) in [6.07, 6.45) is 17.7. The minimum absolute atomic E-state index is 0.0166. The molecule has 2 aliphatic heterocycles. The third kappa shape index (κ3) is 5.25. The van der Waals surface area contributed by atoms with Crippen molar-refractivity contribution in [1.29, 1.82) is 0 Å². The summed E-state index contributed by atoms with van der Waals surface area (Å²) in [5.41, 5.74) is 2.26. The summed E-state index contributed by atoms with van der Waals surface area (Å²) in [7, 11) is 4.36. The summed E-state index contributed by atoms with van der Waals surface area (Å²) in [5.74, 6) is 0.910. The Morgan fingerprint density at radius 2 is 2.13 bits per heavy atom. The van der Waals surface area contributed by atoms with Gasteiger partial charge in [-0.2, -0.15) is 0 Å². The largest absolute Gasteiger partial charge is 0.495 e. The van der Waals surface area contributed by atoms with E-state index in [0.717, 1.165) is 57.3 Å². The van der Waals surface area contributed by atoms with Gasteiger partial charge in [0.15, 0.2) is 0 Å². The lowest BCUT2D eigenvalue weighted by molar-refractivity contribution is -0.141. The van der Waals surface area contributed by atoms with Crippen LogP contribution < -0.4 is 0 Å². The molecule has 0 saturated carbocycles. The number of rotatable bonds is 7. The van der Waals surface area contributed by atoms with Crippen molar-refractivity contribution in [1.82, 2.24) is 14.7 Å². The van der Waals surface area contributed by atoms with Crippen molar-refractivity contribution in [2.45, 2.75) is 51.0 Å². The Labute approximate surface area is 184 Å². The Balaban J connectivity index is 1.72. The van der Waals surface area contributed by atoms with Crippen LogP contribution in [0.25, 0.3) is 0 Å². The normalized spacial score (nSPS) is 25.5. The number of nitrogens with zero attached hydrogens (tertiary/aromatic N) is 3. The number of carbonyl (C=O) groups excluding carboxylic acids is 1. The highest BCUT2D eigenvalue weighted by atomic mass is 31.0. The van der Waals surface area contributed by atoms with E-state index in [1.807, 2.05) is 10.9 Å². The Hall–Kier alpha value is -1.84. The molecule has 0 radical (unpaired) electrons. The topological polar surface area (TPSA) is 36.0 Å². The fourth-order valence-electron chi connectivity index (χ4n) is 4.73. The molecule has 3 rings (SSSR count). The van der Waals surface area contributed by atoms with Gasteiger partial charge in [0.2, 0.25) is 5.91 Å². The van der Waals surface area contributed by atoms with Crippen LogP contribution in [0.4, 0.5) is 0 Å². The van der Waals surface area contributed by atoms with Crippen LogP contribution in [0.3, 0.4) is 0 Å². The SMILES string of the molecule is C=C/C=C(\C(=C)OC)N(P)N1CCCC(C(=O)N2CCCCC2C2=CC=CCC2)C1. The van der Waals surface area contributed by atoms with Crippen molar-refractivity contribution >= 4 is 15.3 Å². The first kappa shape index (κ1) is 22.8. The van der Waals surface area contributed by atoms with Crippen LogP contribution >= 0.6 is 9.39 Å². The summed E-state index contributed by atoms with van der Waals surface area (Å²) in [5, 5.41) is 2.21. The number of hydrogen-bond acceptors (Lipinski definition) is 4.